The van der Waals surface area contributed by atoms with Gasteiger partial charge in [0.15, 0.2) is 0 Å². The summed E-state index contributed by atoms with van der Waals surface area (Å²) in [6.07, 6.45) is 15.0. The van der Waals surface area contributed by atoms with Crippen LogP contribution >= 0.6 is 0 Å². The molecule has 0 aromatic heterocycles. The van der Waals surface area contributed by atoms with Crippen molar-refractivity contribution in [1.82, 2.24) is 0 Å². The van der Waals surface area contributed by atoms with Gasteiger partial charge in [0.1, 0.15) is 11.5 Å². The number of fused-ring (bicyclic) bond motifs is 3. The molecule has 0 radical (unpaired) electrons. The van der Waals surface area contributed by atoms with Crippen LogP contribution in [0.5, 0.6) is 11.5 Å². The summed E-state index contributed by atoms with van der Waals surface area (Å²) in [7, 11) is -1.18. The topological polar surface area (TPSA) is 35.5 Å². The highest BCUT2D eigenvalue weighted by atomic mass is 32.2. The fourth-order valence-corrected chi connectivity index (χ4v) is 5.64. The van der Waals surface area contributed by atoms with Crippen molar-refractivity contribution in [1.29, 1.82) is 0 Å². The van der Waals surface area contributed by atoms with Gasteiger partial charge in [0.25, 0.3) is 0 Å². The minimum Gasteiger partial charge on any atom is -0.494 e. The van der Waals surface area contributed by atoms with E-state index in [-0.39, 0.29) is 0 Å². The van der Waals surface area contributed by atoms with Crippen LogP contribution in [0.1, 0.15) is 90.9 Å². The molecule has 0 spiro atoms. The first kappa shape index (κ1) is 24.8. The minimum absolute atomic E-state index is 0.723. The van der Waals surface area contributed by atoms with Gasteiger partial charge < -0.3 is 9.47 Å². The van der Waals surface area contributed by atoms with Crippen molar-refractivity contribution >= 4 is 10.8 Å². The van der Waals surface area contributed by atoms with Crippen LogP contribution in [0.3, 0.4) is 0 Å². The summed E-state index contributed by atoms with van der Waals surface area (Å²) in [5.41, 5.74) is 2.10. The molecule has 32 heavy (non-hydrogen) atoms. The Morgan fingerprint density at radius 1 is 0.594 bits per heavy atom. The molecule has 0 aliphatic carbocycles. The average molecular weight is 457 g/mol. The molecule has 1 heterocycles. The molecule has 0 saturated heterocycles. The van der Waals surface area contributed by atoms with E-state index in [1.54, 1.807) is 0 Å². The molecule has 0 bridgehead atoms. The highest BCUT2D eigenvalue weighted by Crippen LogP contribution is 2.43. The maximum atomic E-state index is 13.1. The van der Waals surface area contributed by atoms with E-state index in [9.17, 15) is 4.21 Å². The molecule has 0 fully saturated rings. The van der Waals surface area contributed by atoms with Crippen LogP contribution in [0.4, 0.5) is 0 Å². The van der Waals surface area contributed by atoms with Crippen LogP contribution < -0.4 is 9.47 Å². The van der Waals surface area contributed by atoms with E-state index in [0.29, 0.717) is 0 Å². The highest BCUT2D eigenvalue weighted by Gasteiger charge is 2.26. The van der Waals surface area contributed by atoms with Gasteiger partial charge in [-0.25, -0.2) is 4.21 Å². The molecule has 3 nitrogen and oxygen atoms in total. The Labute approximate surface area is 197 Å². The largest absolute Gasteiger partial charge is 0.494 e. The van der Waals surface area contributed by atoms with E-state index in [0.717, 1.165) is 58.5 Å². The van der Waals surface area contributed by atoms with E-state index in [1.807, 2.05) is 36.4 Å². The zero-order chi connectivity index (χ0) is 22.6. The number of rotatable bonds is 16. The molecule has 176 valence electrons. The molecular formula is C28H40O3S. The van der Waals surface area contributed by atoms with Crippen molar-refractivity contribution in [3.8, 4) is 22.6 Å². The molecule has 0 saturated carbocycles. The Balaban J connectivity index is 1.49. The first-order chi connectivity index (χ1) is 15.7. The fraction of sp³-hybridized carbons (Fsp3) is 0.571. The fourth-order valence-electron chi connectivity index (χ4n) is 4.20. The standard InChI is InChI=1S/C28H40O3S/c1-3-5-7-9-11-13-19-30-23-15-17-25-26-18-16-24(22-28(26)32(29)27(25)21-23)31-20-14-12-10-8-6-4-2/h15-18,21-22H,3-14,19-20H2,1-2H3. The Morgan fingerprint density at radius 3 is 1.44 bits per heavy atom. The van der Waals surface area contributed by atoms with Gasteiger partial charge in [0, 0.05) is 0 Å². The van der Waals surface area contributed by atoms with Crippen molar-refractivity contribution in [3.63, 3.8) is 0 Å². The number of hydrogen-bond donors (Lipinski definition) is 0. The maximum Gasteiger partial charge on any atom is 0.120 e. The van der Waals surface area contributed by atoms with E-state index in [1.165, 1.54) is 64.2 Å². The van der Waals surface area contributed by atoms with Crippen LogP contribution in [0, 0.1) is 0 Å². The third-order valence-corrected chi connectivity index (χ3v) is 7.60. The Hall–Kier alpha value is -1.81. The summed E-state index contributed by atoms with van der Waals surface area (Å²) in [5.74, 6) is 1.64. The molecule has 0 amide bonds. The molecule has 0 N–H and O–H groups in total. The summed E-state index contributed by atoms with van der Waals surface area (Å²) in [6, 6.07) is 12.0. The number of benzene rings is 2. The molecular weight excluding hydrogens is 416 g/mol. The molecule has 2 aromatic rings. The zero-order valence-electron chi connectivity index (χ0n) is 20.0. The zero-order valence-corrected chi connectivity index (χ0v) is 20.8. The quantitative estimate of drug-likeness (QED) is 0.203. The van der Waals surface area contributed by atoms with Crippen LogP contribution in [-0.2, 0) is 10.8 Å². The van der Waals surface area contributed by atoms with E-state index in [4.69, 9.17) is 9.47 Å². The monoisotopic (exact) mass is 456 g/mol. The molecule has 0 unspecified atom stereocenters. The molecule has 1 aliphatic rings. The molecule has 2 aromatic carbocycles. The van der Waals surface area contributed by atoms with Gasteiger partial charge in [-0.3, -0.25) is 0 Å². The lowest BCUT2D eigenvalue weighted by Gasteiger charge is -2.08. The van der Waals surface area contributed by atoms with Gasteiger partial charge in [0.05, 0.1) is 33.8 Å². The second kappa shape index (κ2) is 13.7. The van der Waals surface area contributed by atoms with Crippen LogP contribution in [0.25, 0.3) is 11.1 Å². The van der Waals surface area contributed by atoms with E-state index >= 15 is 0 Å². The summed E-state index contributed by atoms with van der Waals surface area (Å²) >= 11 is 0. The Bertz CT molecular complexity index is 792. The predicted octanol–water partition coefficient (Wildman–Crippen LogP) is 8.31. The summed E-state index contributed by atoms with van der Waals surface area (Å²) < 4.78 is 25.0. The Kier molecular flexibility index (Phi) is 10.6. The molecule has 1 aliphatic heterocycles. The van der Waals surface area contributed by atoms with Gasteiger partial charge in [-0.15, -0.1) is 0 Å². The maximum absolute atomic E-state index is 13.1. The predicted molar refractivity (Wildman–Crippen MR) is 134 cm³/mol. The Morgan fingerprint density at radius 2 is 1.00 bits per heavy atom. The summed E-state index contributed by atoms with van der Waals surface area (Å²) in [4.78, 5) is 1.71. The van der Waals surface area contributed by atoms with Crippen molar-refractivity contribution < 1.29 is 13.7 Å². The highest BCUT2D eigenvalue weighted by molar-refractivity contribution is 7.85. The van der Waals surface area contributed by atoms with Crippen molar-refractivity contribution in [2.24, 2.45) is 0 Å². The minimum atomic E-state index is -1.18. The third-order valence-electron chi connectivity index (χ3n) is 6.13. The second-order valence-electron chi connectivity index (χ2n) is 8.82. The number of unbranched alkanes of at least 4 members (excludes halogenated alkanes) is 10. The lowest BCUT2D eigenvalue weighted by atomic mass is 10.1. The van der Waals surface area contributed by atoms with Crippen molar-refractivity contribution in [2.45, 2.75) is 101 Å². The van der Waals surface area contributed by atoms with Crippen molar-refractivity contribution in [2.75, 3.05) is 13.2 Å². The van der Waals surface area contributed by atoms with Gasteiger partial charge in [-0.1, -0.05) is 78.1 Å². The third kappa shape index (κ3) is 7.10. The van der Waals surface area contributed by atoms with Gasteiger partial charge in [0.2, 0.25) is 0 Å². The van der Waals surface area contributed by atoms with Crippen LogP contribution in [0.2, 0.25) is 0 Å². The second-order valence-corrected chi connectivity index (χ2v) is 10.2. The molecule has 3 rings (SSSR count). The van der Waals surface area contributed by atoms with Crippen LogP contribution in [0.15, 0.2) is 46.2 Å². The number of ether oxygens (including phenoxy) is 2. The average Bonchev–Trinajstić information content (AvgIpc) is 3.09. The SMILES string of the molecule is CCCCCCCCOc1ccc2c(c1)S(=O)c1cc(OCCCCCCCC)ccc1-2. The van der Waals surface area contributed by atoms with Gasteiger partial charge >= 0.3 is 0 Å². The van der Waals surface area contributed by atoms with Crippen LogP contribution in [-0.4, -0.2) is 17.4 Å². The van der Waals surface area contributed by atoms with Crippen molar-refractivity contribution in [3.05, 3.63) is 36.4 Å². The van der Waals surface area contributed by atoms with Gasteiger partial charge in [-0.2, -0.15) is 0 Å². The molecule has 0 atom stereocenters. The normalized spacial score (nSPS) is 12.6. The lowest BCUT2D eigenvalue weighted by Crippen LogP contribution is -1.98. The summed E-state index contributed by atoms with van der Waals surface area (Å²) in [6.45, 7) is 5.93. The van der Waals surface area contributed by atoms with E-state index in [2.05, 4.69) is 13.8 Å². The molecule has 4 heteroatoms. The lowest BCUT2D eigenvalue weighted by molar-refractivity contribution is 0.303. The first-order valence-corrected chi connectivity index (χ1v) is 13.9. The smallest absolute Gasteiger partial charge is 0.120 e. The van der Waals surface area contributed by atoms with Gasteiger partial charge in [-0.05, 0) is 60.4 Å². The number of hydrogen-bond acceptors (Lipinski definition) is 3. The van der Waals surface area contributed by atoms with E-state index < -0.39 is 10.8 Å². The first-order valence-electron chi connectivity index (χ1n) is 12.7. The summed E-state index contributed by atoms with van der Waals surface area (Å²) in [5, 5.41) is 0.